The number of carbonyl (C=O) groups is 1. The molecule has 3 heteroatoms. The number of likely N-dealkylation sites (tertiary alicyclic amines) is 1. The molecule has 19 heavy (non-hydrogen) atoms. The summed E-state index contributed by atoms with van der Waals surface area (Å²) in [5, 5.41) is 0. The highest BCUT2D eigenvalue weighted by Crippen LogP contribution is 2.12. The molecule has 1 saturated heterocycles. The average Bonchev–Trinajstić information content (AvgIpc) is 2.47. The number of carbonyl (C=O) groups excluding carboxylic acids is 1. The number of hydrogen-bond acceptors (Lipinski definition) is 3. The van der Waals surface area contributed by atoms with Gasteiger partial charge >= 0.3 is 0 Å². The third kappa shape index (κ3) is 4.03. The Bertz CT molecular complexity index is 476. The summed E-state index contributed by atoms with van der Waals surface area (Å²) in [4.78, 5) is 14.0. The Balaban J connectivity index is 1.97. The van der Waals surface area contributed by atoms with Crippen LogP contribution in [0.3, 0.4) is 0 Å². The largest absolute Gasteiger partial charge is 0.494 e. The minimum absolute atomic E-state index is 0.131. The quantitative estimate of drug-likeness (QED) is 0.616. The number of ether oxygens (including phenoxy) is 1. The van der Waals surface area contributed by atoms with Crippen molar-refractivity contribution < 1.29 is 9.53 Å². The first-order valence-electron chi connectivity index (χ1n) is 6.83. The SMILES string of the molecule is CCOc1ccc(C(=O)C#CN2CCCCC2)cc1. The molecule has 0 N–H and O–H groups in total. The van der Waals surface area contributed by atoms with Crippen molar-refractivity contribution in [3.8, 4) is 17.7 Å². The van der Waals surface area contributed by atoms with Gasteiger partial charge in [-0.15, -0.1) is 0 Å². The van der Waals surface area contributed by atoms with Gasteiger partial charge in [-0.3, -0.25) is 4.79 Å². The standard InChI is InChI=1S/C16H19NO2/c1-2-19-15-8-6-14(7-9-15)16(18)10-13-17-11-4-3-5-12-17/h6-9H,2-5,11-12H2,1H3. The van der Waals surface area contributed by atoms with Gasteiger partial charge in [-0.1, -0.05) is 0 Å². The number of rotatable bonds is 3. The lowest BCUT2D eigenvalue weighted by molar-refractivity contribution is 0.105. The topological polar surface area (TPSA) is 29.5 Å². The number of Topliss-reactive ketones (excluding diaryl/α,β-unsaturated/α-hetero) is 1. The molecule has 0 atom stereocenters. The third-order valence-corrected chi connectivity index (χ3v) is 3.11. The molecule has 0 unspecified atom stereocenters. The molecule has 2 rings (SSSR count). The Labute approximate surface area is 114 Å². The van der Waals surface area contributed by atoms with E-state index in [-0.39, 0.29) is 5.78 Å². The molecule has 1 aliphatic heterocycles. The van der Waals surface area contributed by atoms with Crippen LogP contribution in [0.4, 0.5) is 0 Å². The minimum atomic E-state index is -0.131. The van der Waals surface area contributed by atoms with E-state index in [9.17, 15) is 4.79 Å². The average molecular weight is 257 g/mol. The van der Waals surface area contributed by atoms with Gasteiger partial charge in [0.25, 0.3) is 0 Å². The van der Waals surface area contributed by atoms with E-state index in [1.165, 1.54) is 19.3 Å². The van der Waals surface area contributed by atoms with Gasteiger partial charge in [0.05, 0.1) is 6.61 Å². The number of nitrogens with zero attached hydrogens (tertiary/aromatic N) is 1. The van der Waals surface area contributed by atoms with Crippen molar-refractivity contribution >= 4 is 5.78 Å². The highest BCUT2D eigenvalue weighted by molar-refractivity contribution is 6.08. The molecule has 3 nitrogen and oxygen atoms in total. The second kappa shape index (κ2) is 6.84. The molecule has 0 bridgehead atoms. The molecule has 1 aliphatic rings. The molecule has 0 radical (unpaired) electrons. The van der Waals surface area contributed by atoms with Gasteiger partial charge in [0, 0.05) is 24.7 Å². The van der Waals surface area contributed by atoms with Crippen LogP contribution in [-0.4, -0.2) is 30.4 Å². The van der Waals surface area contributed by atoms with Crippen LogP contribution in [0.5, 0.6) is 5.75 Å². The molecule has 0 amide bonds. The summed E-state index contributed by atoms with van der Waals surface area (Å²) in [5.74, 6) is 3.37. The monoisotopic (exact) mass is 257 g/mol. The van der Waals surface area contributed by atoms with Crippen molar-refractivity contribution in [1.29, 1.82) is 0 Å². The van der Waals surface area contributed by atoms with E-state index in [4.69, 9.17) is 4.74 Å². The molecule has 1 aromatic carbocycles. The van der Waals surface area contributed by atoms with Crippen molar-refractivity contribution in [2.75, 3.05) is 19.7 Å². The smallest absolute Gasteiger partial charge is 0.237 e. The fourth-order valence-electron chi connectivity index (χ4n) is 2.08. The van der Waals surface area contributed by atoms with Crippen molar-refractivity contribution in [3.05, 3.63) is 29.8 Å². The molecule has 1 heterocycles. The Morgan fingerprint density at radius 1 is 1.21 bits per heavy atom. The Kier molecular flexibility index (Phi) is 4.85. The predicted octanol–water partition coefficient (Wildman–Crippen LogP) is 2.71. The van der Waals surface area contributed by atoms with Gasteiger partial charge in [-0.25, -0.2) is 0 Å². The lowest BCUT2D eigenvalue weighted by Crippen LogP contribution is -2.24. The Morgan fingerprint density at radius 3 is 2.53 bits per heavy atom. The van der Waals surface area contributed by atoms with Gasteiger partial charge < -0.3 is 9.64 Å². The first kappa shape index (κ1) is 13.5. The molecule has 0 aromatic heterocycles. The zero-order valence-electron chi connectivity index (χ0n) is 11.3. The fraction of sp³-hybridized carbons (Fsp3) is 0.438. The van der Waals surface area contributed by atoms with Crippen molar-refractivity contribution in [2.24, 2.45) is 0 Å². The summed E-state index contributed by atoms with van der Waals surface area (Å²) in [7, 11) is 0. The van der Waals surface area contributed by atoms with Crippen molar-refractivity contribution in [3.63, 3.8) is 0 Å². The van der Waals surface area contributed by atoms with Crippen LogP contribution in [0, 0.1) is 12.0 Å². The zero-order chi connectivity index (χ0) is 13.5. The summed E-state index contributed by atoms with van der Waals surface area (Å²) in [6.07, 6.45) is 3.61. The first-order chi connectivity index (χ1) is 9.29. The maximum atomic E-state index is 11.9. The van der Waals surface area contributed by atoms with Crippen molar-refractivity contribution in [2.45, 2.75) is 26.2 Å². The number of benzene rings is 1. The molecule has 0 saturated carbocycles. The summed E-state index contributed by atoms with van der Waals surface area (Å²) >= 11 is 0. The maximum Gasteiger partial charge on any atom is 0.237 e. The van der Waals surface area contributed by atoms with Crippen LogP contribution >= 0.6 is 0 Å². The summed E-state index contributed by atoms with van der Waals surface area (Å²) in [6, 6.07) is 10.1. The van der Waals surface area contributed by atoms with Crippen LogP contribution in [0.2, 0.25) is 0 Å². The second-order valence-electron chi connectivity index (χ2n) is 4.57. The molecule has 1 fully saturated rings. The third-order valence-electron chi connectivity index (χ3n) is 3.11. The molecule has 100 valence electrons. The summed E-state index contributed by atoms with van der Waals surface area (Å²) < 4.78 is 5.34. The molecular weight excluding hydrogens is 238 g/mol. The van der Waals surface area contributed by atoms with Gasteiger partial charge in [-0.2, -0.15) is 0 Å². The van der Waals surface area contributed by atoms with Crippen LogP contribution in [0.1, 0.15) is 36.5 Å². The highest BCUT2D eigenvalue weighted by Gasteiger charge is 2.07. The molecule has 0 aliphatic carbocycles. The lowest BCUT2D eigenvalue weighted by Gasteiger charge is -2.21. The number of ketones is 1. The first-order valence-corrected chi connectivity index (χ1v) is 6.83. The molecular formula is C16H19NO2. The van der Waals surface area contributed by atoms with E-state index in [0.29, 0.717) is 12.2 Å². The van der Waals surface area contributed by atoms with Crippen LogP contribution < -0.4 is 4.74 Å². The Hall–Kier alpha value is -1.95. The van der Waals surface area contributed by atoms with E-state index in [0.717, 1.165) is 18.8 Å². The van der Waals surface area contributed by atoms with Gasteiger partial charge in [-0.05, 0) is 56.4 Å². The Morgan fingerprint density at radius 2 is 1.89 bits per heavy atom. The number of piperidine rings is 1. The summed E-state index contributed by atoms with van der Waals surface area (Å²) in [5.41, 5.74) is 0.618. The van der Waals surface area contributed by atoms with Crippen LogP contribution in [-0.2, 0) is 0 Å². The van der Waals surface area contributed by atoms with Crippen LogP contribution in [0.25, 0.3) is 0 Å². The highest BCUT2D eigenvalue weighted by atomic mass is 16.5. The normalized spacial score (nSPS) is 14.5. The van der Waals surface area contributed by atoms with E-state index < -0.39 is 0 Å². The van der Waals surface area contributed by atoms with Gasteiger partial charge in [0.2, 0.25) is 5.78 Å². The van der Waals surface area contributed by atoms with E-state index in [1.807, 2.05) is 11.8 Å². The van der Waals surface area contributed by atoms with E-state index >= 15 is 0 Å². The summed E-state index contributed by atoms with van der Waals surface area (Å²) in [6.45, 7) is 4.51. The molecule has 0 spiro atoms. The molecule has 1 aromatic rings. The van der Waals surface area contributed by atoms with E-state index in [2.05, 4.69) is 12.0 Å². The maximum absolute atomic E-state index is 11.9. The zero-order valence-corrected chi connectivity index (χ0v) is 11.3. The fourth-order valence-corrected chi connectivity index (χ4v) is 2.08. The van der Waals surface area contributed by atoms with Crippen molar-refractivity contribution in [1.82, 2.24) is 4.90 Å². The van der Waals surface area contributed by atoms with Gasteiger partial charge in [0.1, 0.15) is 5.75 Å². The minimum Gasteiger partial charge on any atom is -0.494 e. The van der Waals surface area contributed by atoms with E-state index in [1.54, 1.807) is 24.3 Å². The van der Waals surface area contributed by atoms with Gasteiger partial charge in [0.15, 0.2) is 0 Å². The second-order valence-corrected chi connectivity index (χ2v) is 4.57. The predicted molar refractivity (Wildman–Crippen MR) is 75.1 cm³/mol. The lowest BCUT2D eigenvalue weighted by atomic mass is 10.1. The number of hydrogen-bond donors (Lipinski definition) is 0. The van der Waals surface area contributed by atoms with Crippen LogP contribution in [0.15, 0.2) is 24.3 Å².